The first-order chi connectivity index (χ1) is 13.1. The van der Waals surface area contributed by atoms with Gasteiger partial charge in [0.25, 0.3) is 0 Å². The Morgan fingerprint density at radius 1 is 1.33 bits per heavy atom. The third kappa shape index (κ3) is 3.86. The summed E-state index contributed by atoms with van der Waals surface area (Å²) in [4.78, 5) is 12.6. The molecule has 0 spiro atoms. The van der Waals surface area contributed by atoms with Crippen LogP contribution < -0.4 is 9.47 Å². The van der Waals surface area contributed by atoms with Gasteiger partial charge in [0.2, 0.25) is 0 Å². The standard InChI is InChI=1S/C19H19N3O3S2/c1-12-7-15(16(23)10-26-19-21-20-11-27-19)13(2)22(12)8-14-9-24-17-5-3-4-6-18(17)25-14/h3-7,11,14H,8-10H2,1-2H3/t14-/m0/s1. The Labute approximate surface area is 165 Å². The monoisotopic (exact) mass is 401 g/mol. The van der Waals surface area contributed by atoms with Crippen molar-refractivity contribution in [2.75, 3.05) is 12.4 Å². The Kier molecular flexibility index (Phi) is 5.18. The van der Waals surface area contributed by atoms with E-state index >= 15 is 0 Å². The Bertz CT molecular complexity index is 953. The summed E-state index contributed by atoms with van der Waals surface area (Å²) >= 11 is 2.87. The normalized spacial score (nSPS) is 15.7. The van der Waals surface area contributed by atoms with Gasteiger partial charge >= 0.3 is 0 Å². The lowest BCUT2D eigenvalue weighted by Gasteiger charge is -2.27. The predicted octanol–water partition coefficient (Wildman–Crippen LogP) is 3.77. The van der Waals surface area contributed by atoms with Crippen molar-refractivity contribution in [1.82, 2.24) is 14.8 Å². The van der Waals surface area contributed by atoms with E-state index in [1.54, 1.807) is 5.51 Å². The lowest BCUT2D eigenvalue weighted by atomic mass is 10.2. The summed E-state index contributed by atoms with van der Waals surface area (Å²) < 4.78 is 14.8. The molecule has 6 nitrogen and oxygen atoms in total. The molecule has 3 heterocycles. The topological polar surface area (TPSA) is 66.2 Å². The van der Waals surface area contributed by atoms with E-state index in [-0.39, 0.29) is 11.9 Å². The van der Waals surface area contributed by atoms with Crippen molar-refractivity contribution >= 4 is 28.9 Å². The van der Waals surface area contributed by atoms with Gasteiger partial charge in [-0.1, -0.05) is 35.2 Å². The summed E-state index contributed by atoms with van der Waals surface area (Å²) in [6.07, 6.45) is -0.0941. The Morgan fingerprint density at radius 3 is 2.93 bits per heavy atom. The average Bonchev–Trinajstić information content (AvgIpc) is 3.30. The number of aryl methyl sites for hydroxylation is 1. The van der Waals surface area contributed by atoms with E-state index in [1.807, 2.05) is 44.2 Å². The minimum absolute atomic E-state index is 0.0941. The highest BCUT2D eigenvalue weighted by Crippen LogP contribution is 2.31. The molecule has 0 aliphatic carbocycles. The molecule has 0 radical (unpaired) electrons. The van der Waals surface area contributed by atoms with Crippen molar-refractivity contribution in [3.63, 3.8) is 0 Å². The Balaban J connectivity index is 1.45. The molecule has 1 aromatic carbocycles. The molecule has 0 saturated heterocycles. The zero-order valence-corrected chi connectivity index (χ0v) is 16.7. The molecule has 8 heteroatoms. The van der Waals surface area contributed by atoms with Crippen molar-refractivity contribution in [3.05, 3.63) is 52.8 Å². The summed E-state index contributed by atoms with van der Waals surface area (Å²) in [7, 11) is 0. The van der Waals surface area contributed by atoms with Gasteiger partial charge in [0.05, 0.1) is 12.3 Å². The average molecular weight is 402 g/mol. The number of fused-ring (bicyclic) bond motifs is 1. The number of hydrogen-bond acceptors (Lipinski definition) is 7. The fraction of sp³-hybridized carbons (Fsp3) is 0.316. The first-order valence-corrected chi connectivity index (χ1v) is 10.5. The first-order valence-electron chi connectivity index (χ1n) is 8.59. The third-order valence-corrected chi connectivity index (χ3v) is 6.35. The van der Waals surface area contributed by atoms with Crippen LogP contribution in [0.3, 0.4) is 0 Å². The van der Waals surface area contributed by atoms with E-state index in [9.17, 15) is 4.79 Å². The smallest absolute Gasteiger partial charge is 0.174 e. The maximum Gasteiger partial charge on any atom is 0.174 e. The second-order valence-electron chi connectivity index (χ2n) is 6.31. The summed E-state index contributed by atoms with van der Waals surface area (Å²) in [5.41, 5.74) is 4.42. The maximum absolute atomic E-state index is 12.6. The second kappa shape index (κ2) is 7.74. The van der Waals surface area contributed by atoms with Gasteiger partial charge in [-0.05, 0) is 32.0 Å². The van der Waals surface area contributed by atoms with Crippen LogP contribution in [0.1, 0.15) is 21.7 Å². The van der Waals surface area contributed by atoms with Crippen molar-refractivity contribution in [2.24, 2.45) is 0 Å². The molecule has 0 unspecified atom stereocenters. The zero-order valence-electron chi connectivity index (χ0n) is 15.0. The molecule has 1 aliphatic rings. The second-order valence-corrected chi connectivity index (χ2v) is 8.37. The lowest BCUT2D eigenvalue weighted by molar-refractivity contribution is 0.0777. The van der Waals surface area contributed by atoms with E-state index in [2.05, 4.69) is 14.8 Å². The number of hydrogen-bond donors (Lipinski definition) is 0. The number of thioether (sulfide) groups is 1. The number of rotatable bonds is 6. The summed E-state index contributed by atoms with van der Waals surface area (Å²) in [6.45, 7) is 5.12. The van der Waals surface area contributed by atoms with Crippen molar-refractivity contribution in [2.45, 2.75) is 30.8 Å². The Morgan fingerprint density at radius 2 is 2.15 bits per heavy atom. The summed E-state index contributed by atoms with van der Waals surface area (Å²) in [5, 5.41) is 7.76. The largest absolute Gasteiger partial charge is 0.486 e. The van der Waals surface area contributed by atoms with Gasteiger partial charge in [-0.15, -0.1) is 10.2 Å². The molecule has 0 fully saturated rings. The molecule has 0 amide bonds. The molecule has 1 atom stereocenters. The SMILES string of the molecule is Cc1cc(C(=O)CSc2nncs2)c(C)n1C[C@H]1COc2ccccc2O1. The fourth-order valence-corrected chi connectivity index (χ4v) is 4.52. The number of ether oxygens (including phenoxy) is 2. The van der Waals surface area contributed by atoms with Gasteiger partial charge in [-0.2, -0.15) is 0 Å². The van der Waals surface area contributed by atoms with E-state index in [0.29, 0.717) is 18.9 Å². The van der Waals surface area contributed by atoms with E-state index < -0.39 is 0 Å². The molecule has 0 saturated carbocycles. The molecular formula is C19H19N3O3S2. The molecule has 140 valence electrons. The number of aromatic nitrogens is 3. The van der Waals surface area contributed by atoms with Crippen LogP contribution in [0.25, 0.3) is 0 Å². The van der Waals surface area contributed by atoms with Crippen LogP contribution in [-0.2, 0) is 6.54 Å². The summed E-state index contributed by atoms with van der Waals surface area (Å²) in [5.74, 6) is 2.00. The predicted molar refractivity (Wildman–Crippen MR) is 105 cm³/mol. The summed E-state index contributed by atoms with van der Waals surface area (Å²) in [6, 6.07) is 9.64. The van der Waals surface area contributed by atoms with E-state index in [4.69, 9.17) is 9.47 Å². The van der Waals surface area contributed by atoms with Gasteiger partial charge in [0, 0.05) is 17.0 Å². The van der Waals surface area contributed by atoms with Crippen molar-refractivity contribution in [3.8, 4) is 11.5 Å². The van der Waals surface area contributed by atoms with Crippen LogP contribution in [0.2, 0.25) is 0 Å². The van der Waals surface area contributed by atoms with E-state index in [1.165, 1.54) is 23.1 Å². The molecule has 27 heavy (non-hydrogen) atoms. The van der Waals surface area contributed by atoms with Crippen LogP contribution in [0, 0.1) is 13.8 Å². The quantitative estimate of drug-likeness (QED) is 0.463. The molecular weight excluding hydrogens is 382 g/mol. The molecule has 2 aromatic heterocycles. The third-order valence-electron chi connectivity index (χ3n) is 4.49. The zero-order chi connectivity index (χ0) is 18.8. The minimum atomic E-state index is -0.0941. The minimum Gasteiger partial charge on any atom is -0.486 e. The molecule has 0 bridgehead atoms. The number of para-hydroxylation sites is 2. The Hall–Kier alpha value is -2.32. The number of carbonyl (C=O) groups excluding carboxylic acids is 1. The number of nitrogens with zero attached hydrogens (tertiary/aromatic N) is 3. The fourth-order valence-electron chi connectivity index (χ4n) is 3.15. The van der Waals surface area contributed by atoms with Gasteiger partial charge in [-0.3, -0.25) is 4.79 Å². The highest BCUT2D eigenvalue weighted by atomic mass is 32.2. The van der Waals surface area contributed by atoms with Gasteiger partial charge in [-0.25, -0.2) is 0 Å². The molecule has 0 N–H and O–H groups in total. The van der Waals surface area contributed by atoms with Crippen LogP contribution in [0.5, 0.6) is 11.5 Å². The van der Waals surface area contributed by atoms with Crippen LogP contribution >= 0.6 is 23.1 Å². The lowest BCUT2D eigenvalue weighted by Crippen LogP contribution is -2.33. The first kappa shape index (κ1) is 18.1. The molecule has 1 aliphatic heterocycles. The highest BCUT2D eigenvalue weighted by Gasteiger charge is 2.24. The highest BCUT2D eigenvalue weighted by molar-refractivity contribution is 8.01. The number of ketones is 1. The molecule has 4 rings (SSSR count). The van der Waals surface area contributed by atoms with Crippen LogP contribution in [0.15, 0.2) is 40.2 Å². The number of carbonyl (C=O) groups is 1. The van der Waals surface area contributed by atoms with Gasteiger partial charge < -0.3 is 14.0 Å². The van der Waals surface area contributed by atoms with Crippen LogP contribution in [-0.4, -0.2) is 39.0 Å². The van der Waals surface area contributed by atoms with Gasteiger partial charge in [0.1, 0.15) is 12.1 Å². The number of benzene rings is 1. The number of Topliss-reactive ketones (excluding diaryl/α,β-unsaturated/α-hetero) is 1. The van der Waals surface area contributed by atoms with Gasteiger partial charge in [0.15, 0.2) is 27.7 Å². The van der Waals surface area contributed by atoms with Crippen molar-refractivity contribution in [1.29, 1.82) is 0 Å². The maximum atomic E-state index is 12.6. The molecule has 3 aromatic rings. The van der Waals surface area contributed by atoms with Crippen molar-refractivity contribution < 1.29 is 14.3 Å². The van der Waals surface area contributed by atoms with E-state index in [0.717, 1.165) is 32.8 Å². The van der Waals surface area contributed by atoms with Crippen LogP contribution in [0.4, 0.5) is 0 Å².